The van der Waals surface area contributed by atoms with Gasteiger partial charge in [0.25, 0.3) is 0 Å². The molecule has 1 aromatic carbocycles. The fourth-order valence-electron chi connectivity index (χ4n) is 4.88. The molecule has 4 fully saturated rings. The summed E-state index contributed by atoms with van der Waals surface area (Å²) in [5.41, 5.74) is 0.373. The monoisotopic (exact) mass is 318 g/mol. The highest BCUT2D eigenvalue weighted by Gasteiger charge is 2.60. The van der Waals surface area contributed by atoms with Crippen molar-refractivity contribution in [2.45, 2.75) is 49.9 Å². The molecular formula is C19H26O2S. The molecule has 1 aromatic rings. The van der Waals surface area contributed by atoms with Crippen molar-refractivity contribution < 1.29 is 9.84 Å². The van der Waals surface area contributed by atoms with Gasteiger partial charge in [0, 0.05) is 5.25 Å². The summed E-state index contributed by atoms with van der Waals surface area (Å²) < 4.78 is 6.17. The van der Waals surface area contributed by atoms with Crippen LogP contribution >= 0.6 is 11.8 Å². The van der Waals surface area contributed by atoms with E-state index >= 15 is 0 Å². The van der Waals surface area contributed by atoms with Crippen LogP contribution in [0.15, 0.2) is 30.3 Å². The minimum absolute atomic E-state index is 0.156. The standard InChI is InChI=1S/C19H26O2S/c1-18(2)13-9-15(18)14-11-21-17(22-16(14)10-13)19(3,20)12-7-5-4-6-8-12/h4-8,13-17,20H,9-11H2,1-3H3/t13-,14+,15+,16+,17-,19+/m1/s1. The number of benzene rings is 1. The third-order valence-electron chi connectivity index (χ3n) is 6.61. The topological polar surface area (TPSA) is 29.5 Å². The molecule has 1 aliphatic heterocycles. The van der Waals surface area contributed by atoms with Crippen molar-refractivity contribution in [1.82, 2.24) is 0 Å². The van der Waals surface area contributed by atoms with Crippen LogP contribution in [-0.2, 0) is 10.3 Å². The Balaban J connectivity index is 1.52. The first-order valence-electron chi connectivity index (χ1n) is 8.45. The highest BCUT2D eigenvalue weighted by atomic mass is 32.2. The molecule has 0 radical (unpaired) electrons. The number of hydrogen-bond donors (Lipinski definition) is 1. The summed E-state index contributed by atoms with van der Waals surface area (Å²) in [5, 5.41) is 11.7. The Kier molecular flexibility index (Phi) is 3.41. The minimum Gasteiger partial charge on any atom is -0.382 e. The van der Waals surface area contributed by atoms with Crippen LogP contribution in [-0.4, -0.2) is 22.4 Å². The predicted octanol–water partition coefficient (Wildman–Crippen LogP) is 4.03. The Hall–Kier alpha value is -0.510. The zero-order valence-corrected chi connectivity index (χ0v) is 14.5. The Morgan fingerprint density at radius 2 is 1.95 bits per heavy atom. The lowest BCUT2D eigenvalue weighted by Crippen LogP contribution is -2.60. The molecule has 2 nitrogen and oxygen atoms in total. The molecule has 1 saturated heterocycles. The Morgan fingerprint density at radius 1 is 1.23 bits per heavy atom. The van der Waals surface area contributed by atoms with Crippen LogP contribution in [0.3, 0.4) is 0 Å². The third-order valence-corrected chi connectivity index (χ3v) is 8.35. The number of rotatable bonds is 2. The number of hydrogen-bond acceptors (Lipinski definition) is 3. The lowest BCUT2D eigenvalue weighted by atomic mass is 9.45. The van der Waals surface area contributed by atoms with Crippen LogP contribution in [0.5, 0.6) is 0 Å². The van der Waals surface area contributed by atoms with Gasteiger partial charge in [-0.15, -0.1) is 11.8 Å². The van der Waals surface area contributed by atoms with E-state index in [0.717, 1.165) is 24.0 Å². The van der Waals surface area contributed by atoms with Crippen molar-refractivity contribution in [2.24, 2.45) is 23.2 Å². The summed E-state index contributed by atoms with van der Waals surface area (Å²) >= 11 is 1.88. The summed E-state index contributed by atoms with van der Waals surface area (Å²) in [6.45, 7) is 7.57. The van der Waals surface area contributed by atoms with Crippen LogP contribution < -0.4 is 0 Å². The van der Waals surface area contributed by atoms with Gasteiger partial charge in [-0.1, -0.05) is 44.2 Å². The smallest absolute Gasteiger partial charge is 0.136 e. The molecule has 3 saturated carbocycles. The van der Waals surface area contributed by atoms with Crippen molar-refractivity contribution in [3.8, 4) is 0 Å². The lowest BCUT2D eigenvalue weighted by molar-refractivity contribution is -0.146. The Morgan fingerprint density at radius 3 is 2.64 bits per heavy atom. The van der Waals surface area contributed by atoms with E-state index in [2.05, 4.69) is 13.8 Å². The fraction of sp³-hybridized carbons (Fsp3) is 0.684. The van der Waals surface area contributed by atoms with Crippen molar-refractivity contribution in [1.29, 1.82) is 0 Å². The van der Waals surface area contributed by atoms with Gasteiger partial charge in [0.15, 0.2) is 0 Å². The fourth-order valence-corrected chi connectivity index (χ4v) is 6.57. The minimum atomic E-state index is -0.923. The molecule has 0 unspecified atom stereocenters. The van der Waals surface area contributed by atoms with E-state index in [9.17, 15) is 5.11 Å². The van der Waals surface area contributed by atoms with E-state index in [0.29, 0.717) is 16.6 Å². The summed E-state index contributed by atoms with van der Waals surface area (Å²) in [6, 6.07) is 9.95. The van der Waals surface area contributed by atoms with Gasteiger partial charge in [0.1, 0.15) is 11.0 Å². The van der Waals surface area contributed by atoms with Gasteiger partial charge in [0.05, 0.1) is 6.61 Å². The average molecular weight is 318 g/mol. The molecular weight excluding hydrogens is 292 g/mol. The molecule has 5 rings (SSSR count). The summed E-state index contributed by atoms with van der Waals surface area (Å²) in [7, 11) is 0. The maximum atomic E-state index is 11.0. The summed E-state index contributed by atoms with van der Waals surface area (Å²) in [5.74, 6) is 2.35. The molecule has 2 bridgehead atoms. The van der Waals surface area contributed by atoms with Crippen molar-refractivity contribution in [3.63, 3.8) is 0 Å². The molecule has 0 aromatic heterocycles. The Labute approximate surface area is 137 Å². The van der Waals surface area contributed by atoms with Crippen LogP contribution in [0.1, 0.15) is 39.2 Å². The molecule has 1 heterocycles. The van der Waals surface area contributed by atoms with Crippen molar-refractivity contribution in [3.05, 3.63) is 35.9 Å². The molecule has 1 N–H and O–H groups in total. The first kappa shape index (κ1) is 15.0. The van der Waals surface area contributed by atoms with Crippen molar-refractivity contribution >= 4 is 11.8 Å². The maximum absolute atomic E-state index is 11.0. The zero-order chi connectivity index (χ0) is 15.5. The SMILES string of the molecule is CC1(C)[C@H]2C[C@@H]3S[C@H]([C@@](C)(O)c4ccccc4)OC[C@H]3[C@@H]1C2. The summed E-state index contributed by atoms with van der Waals surface area (Å²) in [6.07, 6.45) is 2.68. The molecule has 3 aliphatic carbocycles. The van der Waals surface area contributed by atoms with Crippen LogP contribution in [0, 0.1) is 23.2 Å². The largest absolute Gasteiger partial charge is 0.382 e. The molecule has 6 atom stereocenters. The second-order valence-electron chi connectivity index (χ2n) is 8.11. The number of ether oxygens (including phenoxy) is 1. The average Bonchev–Trinajstić information content (AvgIpc) is 2.54. The van der Waals surface area contributed by atoms with E-state index in [1.165, 1.54) is 12.8 Å². The predicted molar refractivity (Wildman–Crippen MR) is 90.6 cm³/mol. The van der Waals surface area contributed by atoms with E-state index < -0.39 is 5.60 Å². The van der Waals surface area contributed by atoms with Gasteiger partial charge in [-0.3, -0.25) is 0 Å². The van der Waals surface area contributed by atoms with Crippen LogP contribution in [0.4, 0.5) is 0 Å². The molecule has 0 spiro atoms. The van der Waals surface area contributed by atoms with Gasteiger partial charge < -0.3 is 9.84 Å². The van der Waals surface area contributed by atoms with E-state index in [1.54, 1.807) is 0 Å². The normalized spacial score (nSPS) is 41.9. The highest BCUT2D eigenvalue weighted by Crippen LogP contribution is 2.65. The molecule has 0 amide bonds. The molecule has 22 heavy (non-hydrogen) atoms. The maximum Gasteiger partial charge on any atom is 0.136 e. The van der Waals surface area contributed by atoms with E-state index in [1.807, 2.05) is 49.0 Å². The second-order valence-corrected chi connectivity index (χ2v) is 9.42. The van der Waals surface area contributed by atoms with Crippen LogP contribution in [0.25, 0.3) is 0 Å². The molecule has 4 aliphatic rings. The Bertz CT molecular complexity index is 554. The highest BCUT2D eigenvalue weighted by molar-refractivity contribution is 8.00. The van der Waals surface area contributed by atoms with Gasteiger partial charge in [-0.05, 0) is 48.5 Å². The molecule has 3 heteroatoms. The van der Waals surface area contributed by atoms with Gasteiger partial charge in [-0.25, -0.2) is 0 Å². The summed E-state index contributed by atoms with van der Waals surface area (Å²) in [4.78, 5) is 0. The van der Waals surface area contributed by atoms with E-state index in [-0.39, 0.29) is 5.44 Å². The number of thioether (sulfide) groups is 1. The van der Waals surface area contributed by atoms with Crippen molar-refractivity contribution in [2.75, 3.05) is 6.61 Å². The van der Waals surface area contributed by atoms with E-state index in [4.69, 9.17) is 4.74 Å². The first-order valence-corrected chi connectivity index (χ1v) is 9.40. The van der Waals surface area contributed by atoms with Gasteiger partial charge >= 0.3 is 0 Å². The zero-order valence-electron chi connectivity index (χ0n) is 13.7. The number of aliphatic hydroxyl groups is 1. The van der Waals surface area contributed by atoms with Gasteiger partial charge in [0.2, 0.25) is 0 Å². The van der Waals surface area contributed by atoms with Gasteiger partial charge in [-0.2, -0.15) is 0 Å². The third kappa shape index (κ3) is 2.09. The first-order chi connectivity index (χ1) is 10.4. The molecule has 120 valence electrons. The lowest BCUT2D eigenvalue weighted by Gasteiger charge is -2.64. The second kappa shape index (κ2) is 4.99. The quantitative estimate of drug-likeness (QED) is 0.892. The van der Waals surface area contributed by atoms with Crippen LogP contribution in [0.2, 0.25) is 0 Å².